The van der Waals surface area contributed by atoms with Crippen LogP contribution >= 0.6 is 0 Å². The third kappa shape index (κ3) is 2.71. The molecule has 1 aromatic heterocycles. The van der Waals surface area contributed by atoms with Gasteiger partial charge in [0.15, 0.2) is 5.82 Å². The average Bonchev–Trinajstić information content (AvgIpc) is 3.42. The van der Waals surface area contributed by atoms with Crippen LogP contribution in [0.15, 0.2) is 35.5 Å². The number of fused-ring (bicyclic) bond motifs is 3. The van der Waals surface area contributed by atoms with E-state index in [0.29, 0.717) is 25.5 Å². The molecule has 0 bridgehead atoms. The molecule has 5 rings (SSSR count). The van der Waals surface area contributed by atoms with Gasteiger partial charge in [-0.2, -0.15) is 5.10 Å². The van der Waals surface area contributed by atoms with Crippen molar-refractivity contribution < 1.29 is 9.18 Å². The normalized spacial score (nSPS) is 19.4. The standard InChI is InChI=1S/C19H21FN6O/c20-14-3-5-15(6-4-14)26-18-16(13-22-26)17-21-7-10-24(17)19(27)25(18)12-11-23-8-1-2-9-23/h3-6,13H,1-2,7-12H2. The maximum absolute atomic E-state index is 13.4. The number of likely N-dealkylation sites (tertiary alicyclic amines) is 1. The predicted octanol–water partition coefficient (Wildman–Crippen LogP) is 2.11. The zero-order valence-corrected chi connectivity index (χ0v) is 15.0. The van der Waals surface area contributed by atoms with Crippen LogP contribution < -0.4 is 4.90 Å². The fourth-order valence-corrected chi connectivity index (χ4v) is 4.08. The number of aliphatic imine (C=N–C) groups is 1. The van der Waals surface area contributed by atoms with Gasteiger partial charge in [-0.05, 0) is 50.2 Å². The number of amidine groups is 1. The molecule has 0 aliphatic carbocycles. The van der Waals surface area contributed by atoms with Crippen LogP contribution in [0, 0.1) is 5.82 Å². The quantitative estimate of drug-likeness (QED) is 0.831. The van der Waals surface area contributed by atoms with E-state index in [0.717, 1.165) is 36.7 Å². The van der Waals surface area contributed by atoms with Gasteiger partial charge in [-0.25, -0.2) is 13.9 Å². The molecule has 2 amide bonds. The maximum Gasteiger partial charge on any atom is 0.331 e. The van der Waals surface area contributed by atoms with Crippen molar-refractivity contribution in [1.29, 1.82) is 0 Å². The number of amides is 2. The van der Waals surface area contributed by atoms with E-state index in [2.05, 4.69) is 15.0 Å². The Balaban J connectivity index is 1.55. The van der Waals surface area contributed by atoms with Crippen molar-refractivity contribution in [3.8, 4) is 5.69 Å². The molecule has 0 radical (unpaired) electrons. The van der Waals surface area contributed by atoms with Gasteiger partial charge in [0.05, 0.1) is 24.0 Å². The third-order valence-electron chi connectivity index (χ3n) is 5.45. The van der Waals surface area contributed by atoms with Gasteiger partial charge in [0.1, 0.15) is 11.7 Å². The molecule has 7 nitrogen and oxygen atoms in total. The zero-order chi connectivity index (χ0) is 18.4. The number of carbonyl (C=O) groups is 1. The summed E-state index contributed by atoms with van der Waals surface area (Å²) < 4.78 is 15.1. The fraction of sp³-hybridized carbons (Fsp3) is 0.421. The lowest BCUT2D eigenvalue weighted by Gasteiger charge is -2.34. The summed E-state index contributed by atoms with van der Waals surface area (Å²) in [7, 11) is 0. The van der Waals surface area contributed by atoms with Crippen LogP contribution in [0.4, 0.5) is 15.0 Å². The van der Waals surface area contributed by atoms with Gasteiger partial charge in [0.25, 0.3) is 0 Å². The molecule has 3 aliphatic heterocycles. The molecule has 140 valence electrons. The molecular formula is C19H21FN6O. The Bertz CT molecular complexity index is 899. The first-order valence-corrected chi connectivity index (χ1v) is 9.42. The summed E-state index contributed by atoms with van der Waals surface area (Å²) in [6.45, 7) is 4.82. The van der Waals surface area contributed by atoms with Crippen LogP contribution in [0.25, 0.3) is 5.69 Å². The van der Waals surface area contributed by atoms with Crippen molar-refractivity contribution in [1.82, 2.24) is 19.6 Å². The van der Waals surface area contributed by atoms with E-state index in [-0.39, 0.29) is 11.8 Å². The Hall–Kier alpha value is -2.74. The molecule has 0 unspecified atom stereocenters. The molecule has 0 atom stereocenters. The number of aromatic nitrogens is 2. The molecular weight excluding hydrogens is 347 g/mol. The molecule has 2 aromatic rings. The van der Waals surface area contributed by atoms with Crippen molar-refractivity contribution in [2.45, 2.75) is 12.8 Å². The topological polar surface area (TPSA) is 57.0 Å². The summed E-state index contributed by atoms with van der Waals surface area (Å²) in [6, 6.07) is 6.11. The van der Waals surface area contributed by atoms with E-state index >= 15 is 0 Å². The Labute approximate surface area is 156 Å². The number of carbonyl (C=O) groups excluding carboxylic acids is 1. The Morgan fingerprint density at radius 2 is 1.81 bits per heavy atom. The van der Waals surface area contributed by atoms with Crippen molar-refractivity contribution in [3.05, 3.63) is 41.8 Å². The molecule has 0 N–H and O–H groups in total. The molecule has 8 heteroatoms. The van der Waals surface area contributed by atoms with Gasteiger partial charge in [-0.3, -0.25) is 14.8 Å². The Kier molecular flexibility index (Phi) is 3.93. The van der Waals surface area contributed by atoms with Crippen molar-refractivity contribution in [2.24, 2.45) is 4.99 Å². The molecule has 1 aromatic carbocycles. The van der Waals surface area contributed by atoms with E-state index in [1.54, 1.807) is 32.8 Å². The molecule has 1 saturated heterocycles. The van der Waals surface area contributed by atoms with Crippen molar-refractivity contribution in [2.75, 3.05) is 44.2 Å². The zero-order valence-electron chi connectivity index (χ0n) is 15.0. The van der Waals surface area contributed by atoms with Crippen LogP contribution in [0.3, 0.4) is 0 Å². The molecule has 4 heterocycles. The highest BCUT2D eigenvalue weighted by Crippen LogP contribution is 2.32. The van der Waals surface area contributed by atoms with E-state index in [1.165, 1.54) is 25.0 Å². The fourth-order valence-electron chi connectivity index (χ4n) is 4.08. The number of anilines is 1. The lowest BCUT2D eigenvalue weighted by molar-refractivity contribution is 0.226. The van der Waals surface area contributed by atoms with E-state index in [4.69, 9.17) is 0 Å². The van der Waals surface area contributed by atoms with E-state index in [9.17, 15) is 9.18 Å². The summed E-state index contributed by atoms with van der Waals surface area (Å²) in [4.78, 5) is 23.6. The van der Waals surface area contributed by atoms with Gasteiger partial charge in [-0.15, -0.1) is 0 Å². The van der Waals surface area contributed by atoms with Gasteiger partial charge in [0, 0.05) is 19.6 Å². The lowest BCUT2D eigenvalue weighted by atomic mass is 10.2. The van der Waals surface area contributed by atoms with E-state index in [1.807, 2.05) is 0 Å². The summed E-state index contributed by atoms with van der Waals surface area (Å²) >= 11 is 0. The maximum atomic E-state index is 13.4. The molecule has 27 heavy (non-hydrogen) atoms. The minimum absolute atomic E-state index is 0.0539. The van der Waals surface area contributed by atoms with Gasteiger partial charge < -0.3 is 4.90 Å². The highest BCUT2D eigenvalue weighted by atomic mass is 19.1. The first-order valence-electron chi connectivity index (χ1n) is 9.42. The predicted molar refractivity (Wildman–Crippen MR) is 100 cm³/mol. The van der Waals surface area contributed by atoms with Crippen molar-refractivity contribution in [3.63, 3.8) is 0 Å². The summed E-state index contributed by atoms with van der Waals surface area (Å²) in [5.41, 5.74) is 1.58. The number of benzene rings is 1. The summed E-state index contributed by atoms with van der Waals surface area (Å²) in [5.74, 6) is 1.12. The van der Waals surface area contributed by atoms with Gasteiger partial charge in [0.2, 0.25) is 0 Å². The smallest absolute Gasteiger partial charge is 0.302 e. The Morgan fingerprint density at radius 3 is 2.59 bits per heavy atom. The van der Waals surface area contributed by atoms with Crippen LogP contribution in [-0.2, 0) is 0 Å². The summed E-state index contributed by atoms with van der Waals surface area (Å²) in [5, 5.41) is 4.50. The van der Waals surface area contributed by atoms with Gasteiger partial charge in [-0.1, -0.05) is 0 Å². The molecule has 1 fully saturated rings. The van der Waals surface area contributed by atoms with Crippen LogP contribution in [-0.4, -0.2) is 70.7 Å². The van der Waals surface area contributed by atoms with Crippen molar-refractivity contribution >= 4 is 17.7 Å². The largest absolute Gasteiger partial charge is 0.331 e. The lowest BCUT2D eigenvalue weighted by Crippen LogP contribution is -2.52. The highest BCUT2D eigenvalue weighted by molar-refractivity contribution is 6.19. The number of rotatable bonds is 4. The summed E-state index contributed by atoms with van der Waals surface area (Å²) in [6.07, 6.45) is 4.19. The van der Waals surface area contributed by atoms with E-state index < -0.39 is 0 Å². The number of hydrogen-bond acceptors (Lipinski definition) is 4. The number of halogens is 1. The third-order valence-corrected chi connectivity index (χ3v) is 5.45. The first-order chi connectivity index (χ1) is 13.2. The second kappa shape index (κ2) is 6.45. The minimum Gasteiger partial charge on any atom is -0.302 e. The average molecular weight is 368 g/mol. The van der Waals surface area contributed by atoms with Crippen LogP contribution in [0.1, 0.15) is 18.4 Å². The van der Waals surface area contributed by atoms with Crippen LogP contribution in [0.5, 0.6) is 0 Å². The highest BCUT2D eigenvalue weighted by Gasteiger charge is 2.40. The molecule has 3 aliphatic rings. The number of urea groups is 1. The van der Waals surface area contributed by atoms with Gasteiger partial charge >= 0.3 is 6.03 Å². The Morgan fingerprint density at radius 1 is 1.04 bits per heavy atom. The number of hydrogen-bond donors (Lipinski definition) is 0. The number of nitrogens with zero attached hydrogens (tertiary/aromatic N) is 6. The molecule has 0 saturated carbocycles. The second-order valence-electron chi connectivity index (χ2n) is 7.11. The second-order valence-corrected chi connectivity index (χ2v) is 7.11. The minimum atomic E-state index is -0.298. The molecule has 0 spiro atoms. The first kappa shape index (κ1) is 16.4. The van der Waals surface area contributed by atoms with Crippen LogP contribution in [0.2, 0.25) is 0 Å². The SMILES string of the molecule is O=C1N2CCN=C2c2cnn(-c3ccc(F)cc3)c2N1CCN1CCCC1. The monoisotopic (exact) mass is 368 g/mol.